The third-order valence-corrected chi connectivity index (χ3v) is 4.66. The first kappa shape index (κ1) is 17.4. The number of hydrogen-bond donors (Lipinski definition) is 1. The maximum Gasteiger partial charge on any atom is 0.257 e. The number of aryl methyl sites for hydroxylation is 1. The predicted octanol–water partition coefficient (Wildman–Crippen LogP) is 4.59. The molecule has 1 heterocycles. The van der Waals surface area contributed by atoms with Crippen LogP contribution in [0.5, 0.6) is 5.75 Å². The number of benzene rings is 2. The fourth-order valence-electron chi connectivity index (χ4n) is 2.07. The monoisotopic (exact) mass is 373 g/mol. The highest BCUT2D eigenvalue weighted by Gasteiger charge is 2.09. The molecule has 0 spiro atoms. The summed E-state index contributed by atoms with van der Waals surface area (Å²) < 4.78 is 5.68. The van der Waals surface area contributed by atoms with Gasteiger partial charge in [-0.2, -0.15) is 0 Å². The lowest BCUT2D eigenvalue weighted by molar-refractivity contribution is 0.102. The molecule has 7 heteroatoms. The number of nitrogens with one attached hydrogen (secondary N) is 1. The molecule has 0 aliphatic rings. The second kappa shape index (κ2) is 8.09. The molecule has 0 fully saturated rings. The first-order chi connectivity index (χ1) is 12.1. The highest BCUT2D eigenvalue weighted by Crippen LogP contribution is 2.18. The van der Waals surface area contributed by atoms with E-state index in [1.54, 1.807) is 24.3 Å². The number of hydrogen-bond acceptors (Lipinski definition) is 5. The van der Waals surface area contributed by atoms with Gasteiger partial charge in [-0.05, 0) is 48.4 Å². The number of amides is 1. The Labute approximate surface area is 154 Å². The highest BCUT2D eigenvalue weighted by atomic mass is 35.5. The van der Waals surface area contributed by atoms with Gasteiger partial charge in [0.15, 0.2) is 0 Å². The zero-order chi connectivity index (χ0) is 17.6. The SMILES string of the molecule is CCc1nnc(NC(=O)c2ccc(COc3ccc(Cl)cc3)cc2)s1. The Bertz CT molecular complexity index is 848. The van der Waals surface area contributed by atoms with Crippen molar-refractivity contribution in [3.8, 4) is 5.75 Å². The molecule has 0 atom stereocenters. The Balaban J connectivity index is 1.57. The smallest absolute Gasteiger partial charge is 0.257 e. The van der Waals surface area contributed by atoms with Crippen LogP contribution in [0, 0.1) is 0 Å². The Kier molecular flexibility index (Phi) is 5.63. The van der Waals surface area contributed by atoms with Crippen LogP contribution in [0.3, 0.4) is 0 Å². The molecule has 0 saturated heterocycles. The molecule has 1 amide bonds. The lowest BCUT2D eigenvalue weighted by Gasteiger charge is -2.07. The Morgan fingerprint density at radius 3 is 2.48 bits per heavy atom. The van der Waals surface area contributed by atoms with E-state index >= 15 is 0 Å². The van der Waals surface area contributed by atoms with Crippen molar-refractivity contribution in [2.24, 2.45) is 0 Å². The van der Waals surface area contributed by atoms with Crippen LogP contribution in [-0.4, -0.2) is 16.1 Å². The van der Waals surface area contributed by atoms with E-state index in [9.17, 15) is 4.79 Å². The molecule has 3 rings (SSSR count). The van der Waals surface area contributed by atoms with E-state index in [1.807, 2.05) is 31.2 Å². The molecule has 128 valence electrons. The van der Waals surface area contributed by atoms with Gasteiger partial charge in [-0.25, -0.2) is 0 Å². The van der Waals surface area contributed by atoms with E-state index in [2.05, 4.69) is 15.5 Å². The van der Waals surface area contributed by atoms with E-state index < -0.39 is 0 Å². The fourth-order valence-corrected chi connectivity index (χ4v) is 2.87. The molecule has 0 radical (unpaired) electrons. The predicted molar refractivity (Wildman–Crippen MR) is 99.5 cm³/mol. The maximum atomic E-state index is 12.2. The number of rotatable bonds is 6. The lowest BCUT2D eigenvalue weighted by atomic mass is 10.1. The largest absolute Gasteiger partial charge is 0.489 e. The van der Waals surface area contributed by atoms with Gasteiger partial charge in [0.05, 0.1) is 0 Å². The summed E-state index contributed by atoms with van der Waals surface area (Å²) in [6.07, 6.45) is 0.801. The van der Waals surface area contributed by atoms with Crippen molar-refractivity contribution in [3.05, 3.63) is 69.7 Å². The minimum atomic E-state index is -0.205. The van der Waals surface area contributed by atoms with Crippen LogP contribution in [0.25, 0.3) is 0 Å². The molecule has 1 N–H and O–H groups in total. The van der Waals surface area contributed by atoms with Crippen LogP contribution in [-0.2, 0) is 13.0 Å². The van der Waals surface area contributed by atoms with E-state index in [1.165, 1.54) is 11.3 Å². The van der Waals surface area contributed by atoms with Gasteiger partial charge < -0.3 is 4.74 Å². The van der Waals surface area contributed by atoms with Gasteiger partial charge in [0, 0.05) is 10.6 Å². The summed E-state index contributed by atoms with van der Waals surface area (Å²) >= 11 is 7.22. The Morgan fingerprint density at radius 2 is 1.84 bits per heavy atom. The molecule has 0 unspecified atom stereocenters. The van der Waals surface area contributed by atoms with Crippen molar-refractivity contribution in [1.29, 1.82) is 0 Å². The van der Waals surface area contributed by atoms with Gasteiger partial charge in [-0.15, -0.1) is 10.2 Å². The molecule has 25 heavy (non-hydrogen) atoms. The molecule has 0 bridgehead atoms. The summed E-state index contributed by atoms with van der Waals surface area (Å²) in [5, 5.41) is 12.8. The number of carbonyl (C=O) groups is 1. The van der Waals surface area contributed by atoms with Crippen LogP contribution in [0.2, 0.25) is 5.02 Å². The number of ether oxygens (including phenoxy) is 1. The van der Waals surface area contributed by atoms with Gasteiger partial charge in [-0.1, -0.05) is 42.0 Å². The minimum absolute atomic E-state index is 0.205. The first-order valence-corrected chi connectivity index (χ1v) is 8.94. The van der Waals surface area contributed by atoms with Crippen LogP contribution < -0.4 is 10.1 Å². The molecule has 5 nitrogen and oxygen atoms in total. The summed E-state index contributed by atoms with van der Waals surface area (Å²) in [5.41, 5.74) is 1.53. The number of carbonyl (C=O) groups excluding carboxylic acids is 1. The van der Waals surface area contributed by atoms with Crippen molar-refractivity contribution in [2.75, 3.05) is 5.32 Å². The van der Waals surface area contributed by atoms with Crippen molar-refractivity contribution < 1.29 is 9.53 Å². The average Bonchev–Trinajstić information content (AvgIpc) is 3.09. The molecular formula is C18H16ClN3O2S. The number of nitrogens with zero attached hydrogens (tertiary/aromatic N) is 2. The van der Waals surface area contributed by atoms with Gasteiger partial charge in [-0.3, -0.25) is 10.1 Å². The molecule has 3 aromatic rings. The van der Waals surface area contributed by atoms with E-state index in [0.717, 1.165) is 22.7 Å². The number of aromatic nitrogens is 2. The summed E-state index contributed by atoms with van der Waals surface area (Å²) in [4.78, 5) is 12.2. The van der Waals surface area contributed by atoms with Gasteiger partial charge in [0.25, 0.3) is 5.91 Å². The Morgan fingerprint density at radius 1 is 1.12 bits per heavy atom. The van der Waals surface area contributed by atoms with Crippen LogP contribution in [0.15, 0.2) is 48.5 Å². The van der Waals surface area contributed by atoms with E-state index in [4.69, 9.17) is 16.3 Å². The maximum absolute atomic E-state index is 12.2. The van der Waals surface area contributed by atoms with Crippen molar-refractivity contribution >= 4 is 34.0 Å². The van der Waals surface area contributed by atoms with Crippen LogP contribution in [0.4, 0.5) is 5.13 Å². The normalized spacial score (nSPS) is 10.5. The Hall–Kier alpha value is -2.44. The average molecular weight is 374 g/mol. The third kappa shape index (κ3) is 4.78. The molecule has 1 aromatic heterocycles. The summed E-state index contributed by atoms with van der Waals surface area (Å²) in [6.45, 7) is 2.41. The summed E-state index contributed by atoms with van der Waals surface area (Å²) in [5.74, 6) is 0.540. The highest BCUT2D eigenvalue weighted by molar-refractivity contribution is 7.15. The third-order valence-electron chi connectivity index (χ3n) is 3.43. The molecule has 0 aliphatic heterocycles. The zero-order valence-electron chi connectivity index (χ0n) is 13.5. The summed E-state index contributed by atoms with van der Waals surface area (Å²) in [6, 6.07) is 14.4. The molecule has 2 aromatic carbocycles. The van der Waals surface area contributed by atoms with Gasteiger partial charge in [0.2, 0.25) is 5.13 Å². The van der Waals surface area contributed by atoms with Crippen LogP contribution >= 0.6 is 22.9 Å². The molecule has 0 aliphatic carbocycles. The minimum Gasteiger partial charge on any atom is -0.489 e. The fraction of sp³-hybridized carbons (Fsp3) is 0.167. The van der Waals surface area contributed by atoms with Crippen molar-refractivity contribution in [2.45, 2.75) is 20.0 Å². The van der Waals surface area contributed by atoms with E-state index in [-0.39, 0.29) is 5.91 Å². The van der Waals surface area contributed by atoms with Crippen molar-refractivity contribution in [3.63, 3.8) is 0 Å². The quantitative estimate of drug-likeness (QED) is 0.686. The second-order valence-electron chi connectivity index (χ2n) is 5.25. The topological polar surface area (TPSA) is 64.1 Å². The molecular weight excluding hydrogens is 358 g/mol. The molecule has 0 saturated carbocycles. The second-order valence-corrected chi connectivity index (χ2v) is 6.75. The summed E-state index contributed by atoms with van der Waals surface area (Å²) in [7, 11) is 0. The van der Waals surface area contributed by atoms with Gasteiger partial charge >= 0.3 is 0 Å². The number of anilines is 1. The lowest BCUT2D eigenvalue weighted by Crippen LogP contribution is -2.11. The van der Waals surface area contributed by atoms with Crippen LogP contribution in [0.1, 0.15) is 27.9 Å². The zero-order valence-corrected chi connectivity index (χ0v) is 15.1. The first-order valence-electron chi connectivity index (χ1n) is 7.75. The number of halogens is 1. The van der Waals surface area contributed by atoms with E-state index in [0.29, 0.717) is 22.3 Å². The van der Waals surface area contributed by atoms with Crippen molar-refractivity contribution in [1.82, 2.24) is 10.2 Å². The van der Waals surface area contributed by atoms with Gasteiger partial charge in [0.1, 0.15) is 17.4 Å². The standard InChI is InChI=1S/C18H16ClN3O2S/c1-2-16-21-22-18(25-16)20-17(23)13-5-3-12(4-6-13)11-24-15-9-7-14(19)8-10-15/h3-10H,2,11H2,1H3,(H,20,22,23).